The molecule has 1 aliphatic carbocycles. The SMILES string of the molecule is CC(S)NC1CC(Oc2ccc3cc(C(=O)C(C)C)oc3c2)C1. The summed E-state index contributed by atoms with van der Waals surface area (Å²) in [6, 6.07) is 8.03. The fourth-order valence-corrected chi connectivity index (χ4v) is 3.03. The average molecular weight is 333 g/mol. The van der Waals surface area contributed by atoms with E-state index in [-0.39, 0.29) is 23.2 Å². The summed E-state index contributed by atoms with van der Waals surface area (Å²) in [6.45, 7) is 5.77. The highest BCUT2D eigenvalue weighted by molar-refractivity contribution is 7.80. The fourth-order valence-electron chi connectivity index (χ4n) is 2.82. The van der Waals surface area contributed by atoms with Crippen LogP contribution < -0.4 is 10.1 Å². The first kappa shape index (κ1) is 16.4. The van der Waals surface area contributed by atoms with Gasteiger partial charge in [-0.25, -0.2) is 0 Å². The molecule has 4 nitrogen and oxygen atoms in total. The lowest BCUT2D eigenvalue weighted by atomic mass is 9.89. The molecule has 1 unspecified atom stereocenters. The molecule has 0 amide bonds. The van der Waals surface area contributed by atoms with Gasteiger partial charge in [-0.2, -0.15) is 12.6 Å². The normalized spacial score (nSPS) is 22.1. The molecular formula is C18H23NO3S. The van der Waals surface area contributed by atoms with Gasteiger partial charge in [-0.05, 0) is 38.0 Å². The van der Waals surface area contributed by atoms with E-state index in [0.717, 1.165) is 24.0 Å². The van der Waals surface area contributed by atoms with Crippen molar-refractivity contribution in [3.05, 3.63) is 30.0 Å². The Kier molecular flexibility index (Phi) is 4.69. The van der Waals surface area contributed by atoms with E-state index in [9.17, 15) is 4.79 Å². The minimum absolute atomic E-state index is 0.0254. The second-order valence-electron chi connectivity index (χ2n) is 6.58. The molecule has 1 heterocycles. The van der Waals surface area contributed by atoms with Crippen molar-refractivity contribution in [2.24, 2.45) is 5.92 Å². The molecule has 3 rings (SSSR count). The lowest BCUT2D eigenvalue weighted by Crippen LogP contribution is -2.48. The number of furan rings is 1. The molecule has 1 fully saturated rings. The van der Waals surface area contributed by atoms with Crippen molar-refractivity contribution in [3.8, 4) is 5.75 Å². The molecule has 0 aliphatic heterocycles. The van der Waals surface area contributed by atoms with Crippen molar-refractivity contribution in [2.75, 3.05) is 0 Å². The van der Waals surface area contributed by atoms with Gasteiger partial charge in [-0.15, -0.1) is 0 Å². The Labute approximate surface area is 142 Å². The predicted molar refractivity (Wildman–Crippen MR) is 94.4 cm³/mol. The van der Waals surface area contributed by atoms with Gasteiger partial charge in [-0.1, -0.05) is 13.8 Å². The zero-order chi connectivity index (χ0) is 16.6. The molecule has 1 N–H and O–H groups in total. The number of carbonyl (C=O) groups excluding carboxylic acids is 1. The molecule has 1 aromatic carbocycles. The topological polar surface area (TPSA) is 51.5 Å². The van der Waals surface area contributed by atoms with Crippen LogP contribution in [0.4, 0.5) is 0 Å². The van der Waals surface area contributed by atoms with Crippen LogP contribution in [0.3, 0.4) is 0 Å². The number of rotatable bonds is 6. The maximum absolute atomic E-state index is 12.0. The van der Waals surface area contributed by atoms with E-state index in [1.807, 2.05) is 39.0 Å². The first-order valence-corrected chi connectivity index (χ1v) is 8.62. The van der Waals surface area contributed by atoms with Crippen molar-refractivity contribution in [3.63, 3.8) is 0 Å². The van der Waals surface area contributed by atoms with Gasteiger partial charge in [0.05, 0.1) is 0 Å². The van der Waals surface area contributed by atoms with Crippen molar-refractivity contribution in [2.45, 2.75) is 51.1 Å². The van der Waals surface area contributed by atoms with E-state index in [1.165, 1.54) is 0 Å². The summed E-state index contributed by atoms with van der Waals surface area (Å²) in [5.41, 5.74) is 0.699. The van der Waals surface area contributed by atoms with Gasteiger partial charge in [0, 0.05) is 28.8 Å². The number of ether oxygens (including phenoxy) is 1. The third-order valence-electron chi connectivity index (χ3n) is 4.13. The largest absolute Gasteiger partial charge is 0.490 e. The average Bonchev–Trinajstić information content (AvgIpc) is 2.86. The van der Waals surface area contributed by atoms with Gasteiger partial charge in [-0.3, -0.25) is 4.79 Å². The number of carbonyl (C=O) groups is 1. The zero-order valence-corrected chi connectivity index (χ0v) is 14.6. The number of fused-ring (bicyclic) bond motifs is 1. The number of nitrogens with one attached hydrogen (secondary N) is 1. The third-order valence-corrected chi connectivity index (χ3v) is 4.28. The standard InChI is InChI=1S/C18H23NO3S/c1-10(2)18(20)17-6-12-4-5-14(9-16(12)22-17)21-15-7-13(8-15)19-11(3)23/h4-6,9-11,13,15,19,23H,7-8H2,1-3H3. The smallest absolute Gasteiger partial charge is 0.200 e. The Balaban J connectivity index is 1.66. The molecule has 1 saturated carbocycles. The Bertz CT molecular complexity index is 701. The lowest BCUT2D eigenvalue weighted by Gasteiger charge is -2.36. The van der Waals surface area contributed by atoms with Crippen LogP contribution in [-0.2, 0) is 0 Å². The predicted octanol–water partition coefficient (Wildman–Crippen LogP) is 4.05. The zero-order valence-electron chi connectivity index (χ0n) is 13.7. The second-order valence-corrected chi connectivity index (χ2v) is 7.35. The summed E-state index contributed by atoms with van der Waals surface area (Å²) in [6.07, 6.45) is 2.19. The summed E-state index contributed by atoms with van der Waals surface area (Å²) >= 11 is 4.34. The lowest BCUT2D eigenvalue weighted by molar-refractivity contribution is 0.0846. The maximum atomic E-state index is 12.0. The molecule has 0 bridgehead atoms. The highest BCUT2D eigenvalue weighted by Crippen LogP contribution is 2.30. The van der Waals surface area contributed by atoms with E-state index < -0.39 is 0 Å². The second kappa shape index (κ2) is 6.57. The minimum Gasteiger partial charge on any atom is -0.490 e. The summed E-state index contributed by atoms with van der Waals surface area (Å²) in [5.74, 6) is 1.16. The molecule has 5 heteroatoms. The Morgan fingerprint density at radius 1 is 1.30 bits per heavy atom. The number of thiol groups is 1. The van der Waals surface area contributed by atoms with Crippen LogP contribution in [0.5, 0.6) is 5.75 Å². The van der Waals surface area contributed by atoms with Gasteiger partial charge < -0.3 is 14.5 Å². The summed E-state index contributed by atoms with van der Waals surface area (Å²) in [7, 11) is 0. The van der Waals surface area contributed by atoms with E-state index >= 15 is 0 Å². The molecule has 0 saturated heterocycles. The van der Waals surface area contributed by atoms with Crippen LogP contribution in [0.25, 0.3) is 11.0 Å². The van der Waals surface area contributed by atoms with Crippen LogP contribution >= 0.6 is 12.6 Å². The molecular weight excluding hydrogens is 310 g/mol. The van der Waals surface area contributed by atoms with Gasteiger partial charge in [0.15, 0.2) is 5.76 Å². The number of benzene rings is 1. The first-order chi connectivity index (χ1) is 10.9. The molecule has 23 heavy (non-hydrogen) atoms. The van der Waals surface area contributed by atoms with Gasteiger partial charge >= 0.3 is 0 Å². The maximum Gasteiger partial charge on any atom is 0.200 e. The number of Topliss-reactive ketones (excluding diaryl/α,β-unsaturated/α-hetero) is 1. The molecule has 1 aliphatic rings. The number of hydrogen-bond acceptors (Lipinski definition) is 5. The van der Waals surface area contributed by atoms with E-state index in [1.54, 1.807) is 6.07 Å². The number of ketones is 1. The number of hydrogen-bond donors (Lipinski definition) is 2. The first-order valence-electron chi connectivity index (χ1n) is 8.11. The van der Waals surface area contributed by atoms with Crippen molar-refractivity contribution in [1.82, 2.24) is 5.32 Å². The quantitative estimate of drug-likeness (QED) is 0.476. The van der Waals surface area contributed by atoms with Crippen LogP contribution in [0, 0.1) is 5.92 Å². The molecule has 124 valence electrons. The molecule has 0 radical (unpaired) electrons. The highest BCUT2D eigenvalue weighted by atomic mass is 32.1. The van der Waals surface area contributed by atoms with Crippen molar-refractivity contribution in [1.29, 1.82) is 0 Å². The highest BCUT2D eigenvalue weighted by Gasteiger charge is 2.31. The molecule has 0 spiro atoms. The van der Waals surface area contributed by atoms with E-state index in [4.69, 9.17) is 9.15 Å². The van der Waals surface area contributed by atoms with Crippen LogP contribution in [0.1, 0.15) is 44.2 Å². The molecule has 1 atom stereocenters. The molecule has 2 aromatic rings. The van der Waals surface area contributed by atoms with Gasteiger partial charge in [0.2, 0.25) is 5.78 Å². The van der Waals surface area contributed by atoms with Crippen molar-refractivity contribution >= 4 is 29.4 Å². The van der Waals surface area contributed by atoms with E-state index in [0.29, 0.717) is 17.4 Å². The Hall–Kier alpha value is -1.46. The minimum atomic E-state index is -0.0695. The van der Waals surface area contributed by atoms with Crippen molar-refractivity contribution < 1.29 is 13.9 Å². The third kappa shape index (κ3) is 3.72. The van der Waals surface area contributed by atoms with Crippen LogP contribution in [0.15, 0.2) is 28.7 Å². The van der Waals surface area contributed by atoms with Crippen LogP contribution in [-0.4, -0.2) is 23.3 Å². The molecule has 1 aromatic heterocycles. The Morgan fingerprint density at radius 3 is 2.70 bits per heavy atom. The van der Waals surface area contributed by atoms with Crippen LogP contribution in [0.2, 0.25) is 0 Å². The fraction of sp³-hybridized carbons (Fsp3) is 0.500. The Morgan fingerprint density at radius 2 is 2.04 bits per heavy atom. The van der Waals surface area contributed by atoms with E-state index in [2.05, 4.69) is 17.9 Å². The van der Waals surface area contributed by atoms with Gasteiger partial charge in [0.1, 0.15) is 17.4 Å². The van der Waals surface area contributed by atoms with Gasteiger partial charge in [0.25, 0.3) is 0 Å². The summed E-state index contributed by atoms with van der Waals surface area (Å²) < 4.78 is 11.7. The summed E-state index contributed by atoms with van der Waals surface area (Å²) in [4.78, 5) is 12.0. The monoisotopic (exact) mass is 333 g/mol. The summed E-state index contributed by atoms with van der Waals surface area (Å²) in [5, 5.41) is 4.51.